The Morgan fingerprint density at radius 2 is 2.42 bits per heavy atom. The van der Waals surface area contributed by atoms with Gasteiger partial charge in [-0.2, -0.15) is 0 Å². The van der Waals surface area contributed by atoms with Crippen molar-refractivity contribution in [3.8, 4) is 0 Å². The molecular formula is C7H11N3O2. The van der Waals surface area contributed by atoms with Gasteiger partial charge in [0.25, 0.3) is 0 Å². The van der Waals surface area contributed by atoms with Crippen LogP contribution in [0.2, 0.25) is 0 Å². The summed E-state index contributed by atoms with van der Waals surface area (Å²) in [5, 5.41) is 10.5. The Morgan fingerprint density at radius 3 is 2.92 bits per heavy atom. The van der Waals surface area contributed by atoms with Crippen molar-refractivity contribution >= 4 is 5.82 Å². The van der Waals surface area contributed by atoms with Crippen LogP contribution in [-0.4, -0.2) is 14.5 Å². The minimum Gasteiger partial charge on any atom is -0.358 e. The summed E-state index contributed by atoms with van der Waals surface area (Å²) < 4.78 is 1.61. The molecule has 0 aromatic carbocycles. The van der Waals surface area contributed by atoms with E-state index in [1.165, 1.54) is 6.20 Å². The van der Waals surface area contributed by atoms with Crippen molar-refractivity contribution in [2.75, 3.05) is 0 Å². The highest BCUT2D eigenvalue weighted by atomic mass is 16.6. The lowest BCUT2D eigenvalue weighted by molar-refractivity contribution is -0.392. The number of imidazole rings is 1. The molecule has 5 nitrogen and oxygen atoms in total. The Hall–Kier alpha value is -1.39. The van der Waals surface area contributed by atoms with E-state index in [2.05, 4.69) is 4.98 Å². The van der Waals surface area contributed by atoms with Crippen LogP contribution in [0.15, 0.2) is 6.20 Å². The van der Waals surface area contributed by atoms with Crippen LogP contribution in [0.5, 0.6) is 0 Å². The van der Waals surface area contributed by atoms with E-state index >= 15 is 0 Å². The van der Waals surface area contributed by atoms with Crippen LogP contribution >= 0.6 is 0 Å². The van der Waals surface area contributed by atoms with E-state index < -0.39 is 4.92 Å². The molecule has 0 aliphatic rings. The second-order valence-electron chi connectivity index (χ2n) is 2.57. The monoisotopic (exact) mass is 169 g/mol. The van der Waals surface area contributed by atoms with Crippen molar-refractivity contribution in [1.82, 2.24) is 9.55 Å². The summed E-state index contributed by atoms with van der Waals surface area (Å²) in [5.41, 5.74) is 0. The van der Waals surface area contributed by atoms with Crippen molar-refractivity contribution in [2.24, 2.45) is 0 Å². The van der Waals surface area contributed by atoms with Gasteiger partial charge in [0.05, 0.1) is 6.54 Å². The molecule has 12 heavy (non-hydrogen) atoms. The number of nitro groups is 1. The first-order chi connectivity index (χ1) is 5.66. The smallest absolute Gasteiger partial charge is 0.342 e. The van der Waals surface area contributed by atoms with Crippen LogP contribution in [0.3, 0.4) is 0 Å². The molecule has 0 N–H and O–H groups in total. The number of nitrogens with zero attached hydrogens (tertiary/aromatic N) is 3. The minimum absolute atomic E-state index is 0.0781. The van der Waals surface area contributed by atoms with Crippen molar-refractivity contribution in [2.45, 2.75) is 26.8 Å². The molecule has 0 unspecified atom stereocenters. The second-order valence-corrected chi connectivity index (χ2v) is 2.57. The van der Waals surface area contributed by atoms with Crippen LogP contribution < -0.4 is 0 Å². The van der Waals surface area contributed by atoms with E-state index in [1.54, 1.807) is 11.5 Å². The molecule has 0 bridgehead atoms. The van der Waals surface area contributed by atoms with Gasteiger partial charge in [-0.3, -0.25) is 0 Å². The Labute approximate surface area is 70.2 Å². The van der Waals surface area contributed by atoms with Gasteiger partial charge in [0, 0.05) is 6.92 Å². The van der Waals surface area contributed by atoms with E-state index in [4.69, 9.17) is 0 Å². The molecule has 0 aliphatic heterocycles. The summed E-state index contributed by atoms with van der Waals surface area (Å²) in [6.45, 7) is 4.40. The second kappa shape index (κ2) is 3.34. The first kappa shape index (κ1) is 8.70. The van der Waals surface area contributed by atoms with Crippen molar-refractivity contribution in [1.29, 1.82) is 0 Å². The fourth-order valence-corrected chi connectivity index (χ4v) is 1.10. The third-order valence-electron chi connectivity index (χ3n) is 1.67. The Balaban J connectivity index is 3.03. The molecule has 0 saturated heterocycles. The Morgan fingerprint density at radius 1 is 1.75 bits per heavy atom. The quantitative estimate of drug-likeness (QED) is 0.509. The Kier molecular flexibility index (Phi) is 2.42. The van der Waals surface area contributed by atoms with Crippen molar-refractivity contribution < 1.29 is 4.92 Å². The SMILES string of the molecule is CCCn1c([N+](=O)[O-])cnc1C. The third-order valence-corrected chi connectivity index (χ3v) is 1.67. The molecule has 5 heteroatoms. The van der Waals surface area contributed by atoms with E-state index in [1.807, 2.05) is 6.92 Å². The lowest BCUT2D eigenvalue weighted by Crippen LogP contribution is -2.03. The van der Waals surface area contributed by atoms with Gasteiger partial charge in [0.2, 0.25) is 0 Å². The predicted molar refractivity (Wildman–Crippen MR) is 43.9 cm³/mol. The summed E-state index contributed by atoms with van der Waals surface area (Å²) in [7, 11) is 0. The predicted octanol–water partition coefficient (Wildman–Crippen LogP) is 1.51. The maximum atomic E-state index is 10.5. The van der Waals surface area contributed by atoms with Crippen LogP contribution in [0.1, 0.15) is 19.2 Å². The fraction of sp³-hybridized carbons (Fsp3) is 0.571. The molecule has 66 valence electrons. The summed E-state index contributed by atoms with van der Waals surface area (Å²) in [4.78, 5) is 13.9. The molecule has 1 rings (SSSR count). The molecule has 0 atom stereocenters. The van der Waals surface area contributed by atoms with E-state index in [0.717, 1.165) is 6.42 Å². The number of aryl methyl sites for hydroxylation is 1. The molecule has 0 amide bonds. The zero-order valence-corrected chi connectivity index (χ0v) is 7.15. The van der Waals surface area contributed by atoms with Crippen molar-refractivity contribution in [3.05, 3.63) is 22.1 Å². The van der Waals surface area contributed by atoms with Gasteiger partial charge < -0.3 is 10.1 Å². The maximum absolute atomic E-state index is 10.5. The van der Waals surface area contributed by atoms with Crippen LogP contribution in [-0.2, 0) is 6.54 Å². The van der Waals surface area contributed by atoms with Crippen LogP contribution in [0.4, 0.5) is 5.82 Å². The van der Waals surface area contributed by atoms with E-state index in [0.29, 0.717) is 12.4 Å². The van der Waals surface area contributed by atoms with Gasteiger partial charge in [-0.25, -0.2) is 9.55 Å². The lowest BCUT2D eigenvalue weighted by atomic mass is 10.4. The highest BCUT2D eigenvalue weighted by Crippen LogP contribution is 2.13. The molecule has 0 radical (unpaired) electrons. The number of rotatable bonds is 3. The molecular weight excluding hydrogens is 158 g/mol. The molecule has 0 saturated carbocycles. The van der Waals surface area contributed by atoms with Gasteiger partial charge in [-0.15, -0.1) is 0 Å². The molecule has 0 fully saturated rings. The minimum atomic E-state index is -0.407. The number of hydrogen-bond donors (Lipinski definition) is 0. The molecule has 1 aromatic rings. The van der Waals surface area contributed by atoms with Crippen LogP contribution in [0.25, 0.3) is 0 Å². The topological polar surface area (TPSA) is 61.0 Å². The van der Waals surface area contributed by atoms with Gasteiger partial charge in [0.1, 0.15) is 6.20 Å². The average Bonchev–Trinajstić information content (AvgIpc) is 2.34. The molecule has 0 aliphatic carbocycles. The largest absolute Gasteiger partial charge is 0.358 e. The summed E-state index contributed by atoms with van der Waals surface area (Å²) >= 11 is 0. The average molecular weight is 169 g/mol. The highest BCUT2D eigenvalue weighted by molar-refractivity contribution is 5.18. The first-order valence-electron chi connectivity index (χ1n) is 3.83. The highest BCUT2D eigenvalue weighted by Gasteiger charge is 2.15. The molecule has 0 spiro atoms. The zero-order valence-electron chi connectivity index (χ0n) is 7.15. The summed E-state index contributed by atoms with van der Waals surface area (Å²) in [6, 6.07) is 0. The van der Waals surface area contributed by atoms with Gasteiger partial charge in [-0.05, 0) is 11.3 Å². The maximum Gasteiger partial charge on any atom is 0.342 e. The fourth-order valence-electron chi connectivity index (χ4n) is 1.10. The van der Waals surface area contributed by atoms with E-state index in [9.17, 15) is 10.1 Å². The Bertz CT molecular complexity index is 293. The third kappa shape index (κ3) is 1.44. The molecule has 1 aromatic heterocycles. The van der Waals surface area contributed by atoms with Gasteiger partial charge in [0.15, 0.2) is 5.82 Å². The number of aromatic nitrogens is 2. The number of hydrogen-bond acceptors (Lipinski definition) is 3. The van der Waals surface area contributed by atoms with Gasteiger partial charge in [-0.1, -0.05) is 6.92 Å². The van der Waals surface area contributed by atoms with Crippen LogP contribution in [0, 0.1) is 17.0 Å². The van der Waals surface area contributed by atoms with E-state index in [-0.39, 0.29) is 5.82 Å². The standard InChI is InChI=1S/C7H11N3O2/c1-3-4-9-6(2)8-5-7(9)10(11)12/h5H,3-4H2,1-2H3. The zero-order chi connectivity index (χ0) is 9.14. The summed E-state index contributed by atoms with van der Waals surface area (Å²) in [5.74, 6) is 0.776. The van der Waals surface area contributed by atoms with Gasteiger partial charge >= 0.3 is 5.82 Å². The summed E-state index contributed by atoms with van der Waals surface area (Å²) in [6.07, 6.45) is 2.17. The molecule has 1 heterocycles. The lowest BCUT2D eigenvalue weighted by Gasteiger charge is -1.99. The first-order valence-corrected chi connectivity index (χ1v) is 3.83. The normalized spacial score (nSPS) is 10.2. The van der Waals surface area contributed by atoms with Crippen molar-refractivity contribution in [3.63, 3.8) is 0 Å².